The summed E-state index contributed by atoms with van der Waals surface area (Å²) >= 11 is 0. The minimum absolute atomic E-state index is 0.167. The van der Waals surface area contributed by atoms with Gasteiger partial charge >= 0.3 is 0 Å². The molecular formula is C14H23NO4S. The number of hydrogen-bond acceptors (Lipinski definition) is 4. The van der Waals surface area contributed by atoms with Crippen LogP contribution in [0, 0.1) is 6.92 Å². The summed E-state index contributed by atoms with van der Waals surface area (Å²) in [5.74, 6) is 0. The molecule has 5 nitrogen and oxygen atoms in total. The highest BCUT2D eigenvalue weighted by molar-refractivity contribution is 7.89. The molecule has 0 atom stereocenters. The Hall–Kier alpha value is -0.950. The zero-order valence-corrected chi connectivity index (χ0v) is 12.9. The SMILES string of the molecule is COCCCCCNS(=O)(=O)c1cc(CO)ccc1C. The van der Waals surface area contributed by atoms with Gasteiger partial charge in [-0.15, -0.1) is 0 Å². The van der Waals surface area contributed by atoms with Crippen LogP contribution in [0.1, 0.15) is 30.4 Å². The Kier molecular flexibility index (Phi) is 7.15. The van der Waals surface area contributed by atoms with Crippen molar-refractivity contribution < 1.29 is 18.3 Å². The summed E-state index contributed by atoms with van der Waals surface area (Å²) in [4.78, 5) is 0.237. The lowest BCUT2D eigenvalue weighted by molar-refractivity contribution is 0.192. The van der Waals surface area contributed by atoms with Gasteiger partial charge in [0.05, 0.1) is 11.5 Å². The Morgan fingerprint density at radius 1 is 1.25 bits per heavy atom. The number of sulfonamides is 1. The summed E-state index contributed by atoms with van der Waals surface area (Å²) in [5.41, 5.74) is 1.27. The second-order valence-corrected chi connectivity index (χ2v) is 6.44. The predicted octanol–water partition coefficient (Wildman–Crippen LogP) is 1.58. The Morgan fingerprint density at radius 3 is 2.65 bits per heavy atom. The van der Waals surface area contributed by atoms with Gasteiger partial charge in [0.15, 0.2) is 0 Å². The fraction of sp³-hybridized carbons (Fsp3) is 0.571. The molecule has 114 valence electrons. The van der Waals surface area contributed by atoms with Crippen molar-refractivity contribution in [1.29, 1.82) is 0 Å². The van der Waals surface area contributed by atoms with Gasteiger partial charge in [0, 0.05) is 20.3 Å². The molecule has 1 aromatic rings. The molecular weight excluding hydrogens is 278 g/mol. The Morgan fingerprint density at radius 2 is 2.00 bits per heavy atom. The van der Waals surface area contributed by atoms with E-state index in [0.717, 1.165) is 19.3 Å². The maximum absolute atomic E-state index is 12.2. The molecule has 0 amide bonds. The smallest absolute Gasteiger partial charge is 0.240 e. The third kappa shape index (κ3) is 5.20. The van der Waals surface area contributed by atoms with Crippen molar-refractivity contribution in [3.05, 3.63) is 29.3 Å². The molecule has 0 saturated carbocycles. The fourth-order valence-corrected chi connectivity index (χ4v) is 3.23. The fourth-order valence-electron chi connectivity index (χ4n) is 1.86. The summed E-state index contributed by atoms with van der Waals surface area (Å²) in [5, 5.41) is 9.09. The number of aliphatic hydroxyl groups excluding tert-OH is 1. The number of methoxy groups -OCH3 is 1. The quantitative estimate of drug-likeness (QED) is 0.679. The lowest BCUT2D eigenvalue weighted by Crippen LogP contribution is -2.25. The van der Waals surface area contributed by atoms with Crippen LogP contribution in [0.2, 0.25) is 0 Å². The average Bonchev–Trinajstić information content (AvgIpc) is 2.43. The van der Waals surface area contributed by atoms with Gasteiger partial charge in [-0.1, -0.05) is 12.1 Å². The zero-order valence-electron chi connectivity index (χ0n) is 12.1. The summed E-state index contributed by atoms with van der Waals surface area (Å²) in [6.07, 6.45) is 2.63. The molecule has 0 spiro atoms. The third-order valence-electron chi connectivity index (χ3n) is 3.04. The second kappa shape index (κ2) is 8.36. The third-order valence-corrected chi connectivity index (χ3v) is 4.64. The number of aliphatic hydroxyl groups is 1. The van der Waals surface area contributed by atoms with E-state index < -0.39 is 10.0 Å². The first-order valence-electron chi connectivity index (χ1n) is 6.70. The van der Waals surface area contributed by atoms with Gasteiger partial charge in [-0.05, 0) is 43.4 Å². The molecule has 0 fully saturated rings. The Labute approximate surface area is 121 Å². The van der Waals surface area contributed by atoms with Gasteiger partial charge in [0.2, 0.25) is 10.0 Å². The van der Waals surface area contributed by atoms with Crippen molar-refractivity contribution in [2.75, 3.05) is 20.3 Å². The van der Waals surface area contributed by atoms with Crippen molar-refractivity contribution in [2.24, 2.45) is 0 Å². The molecule has 6 heteroatoms. The number of ether oxygens (including phenoxy) is 1. The first-order chi connectivity index (χ1) is 9.51. The Bertz CT molecular complexity index is 514. The van der Waals surface area contributed by atoms with Gasteiger partial charge in [-0.3, -0.25) is 0 Å². The number of rotatable bonds is 9. The standard InChI is InChI=1S/C14H23NO4S/c1-12-6-7-13(11-16)10-14(12)20(17,18)15-8-4-3-5-9-19-2/h6-7,10,15-16H,3-5,8-9,11H2,1-2H3. The molecule has 20 heavy (non-hydrogen) atoms. The van der Waals surface area contributed by atoms with Crippen molar-refractivity contribution in [2.45, 2.75) is 37.7 Å². The van der Waals surface area contributed by atoms with Crippen LogP contribution in [0.3, 0.4) is 0 Å². The van der Waals surface area contributed by atoms with Crippen molar-refractivity contribution in [3.63, 3.8) is 0 Å². The molecule has 0 saturated heterocycles. The first kappa shape index (κ1) is 17.1. The van der Waals surface area contributed by atoms with Crippen LogP contribution in [0.4, 0.5) is 0 Å². The van der Waals surface area contributed by atoms with Crippen LogP contribution >= 0.6 is 0 Å². The van der Waals surface area contributed by atoms with Crippen LogP contribution in [-0.4, -0.2) is 33.8 Å². The van der Waals surface area contributed by atoms with Gasteiger partial charge in [0.1, 0.15) is 0 Å². The van der Waals surface area contributed by atoms with E-state index in [-0.39, 0.29) is 11.5 Å². The van der Waals surface area contributed by atoms with Crippen LogP contribution < -0.4 is 4.72 Å². The molecule has 0 aromatic heterocycles. The minimum Gasteiger partial charge on any atom is -0.392 e. The molecule has 0 aliphatic heterocycles. The molecule has 1 aromatic carbocycles. The Balaban J connectivity index is 2.60. The van der Waals surface area contributed by atoms with Crippen molar-refractivity contribution in [3.8, 4) is 0 Å². The predicted molar refractivity (Wildman–Crippen MR) is 78.0 cm³/mol. The van der Waals surface area contributed by atoms with E-state index in [1.54, 1.807) is 26.2 Å². The summed E-state index contributed by atoms with van der Waals surface area (Å²) < 4.78 is 31.9. The highest BCUT2D eigenvalue weighted by Gasteiger charge is 2.16. The number of benzene rings is 1. The van der Waals surface area contributed by atoms with E-state index in [9.17, 15) is 8.42 Å². The summed E-state index contributed by atoms with van der Waals surface area (Å²) in [6.45, 7) is 2.69. The van der Waals surface area contributed by atoms with E-state index in [1.807, 2.05) is 0 Å². The lowest BCUT2D eigenvalue weighted by Gasteiger charge is -2.10. The number of nitrogens with one attached hydrogen (secondary N) is 1. The monoisotopic (exact) mass is 301 g/mol. The van der Waals surface area contributed by atoms with Crippen LogP contribution in [-0.2, 0) is 21.4 Å². The van der Waals surface area contributed by atoms with E-state index >= 15 is 0 Å². The largest absolute Gasteiger partial charge is 0.392 e. The van der Waals surface area contributed by atoms with Gasteiger partial charge in [0.25, 0.3) is 0 Å². The number of hydrogen-bond donors (Lipinski definition) is 2. The van der Waals surface area contributed by atoms with Crippen LogP contribution in [0.15, 0.2) is 23.1 Å². The van der Waals surface area contributed by atoms with E-state index in [0.29, 0.717) is 24.3 Å². The number of unbranched alkanes of at least 4 members (excludes halogenated alkanes) is 2. The van der Waals surface area contributed by atoms with Crippen LogP contribution in [0.5, 0.6) is 0 Å². The molecule has 0 unspecified atom stereocenters. The first-order valence-corrected chi connectivity index (χ1v) is 8.18. The molecule has 1 rings (SSSR count). The minimum atomic E-state index is -3.51. The normalized spacial score (nSPS) is 11.8. The van der Waals surface area contributed by atoms with Gasteiger partial charge < -0.3 is 9.84 Å². The molecule has 2 N–H and O–H groups in total. The van der Waals surface area contributed by atoms with E-state index in [2.05, 4.69) is 4.72 Å². The molecule has 0 bridgehead atoms. The molecule has 0 aliphatic rings. The molecule has 0 radical (unpaired) electrons. The van der Waals surface area contributed by atoms with E-state index in [4.69, 9.17) is 9.84 Å². The second-order valence-electron chi connectivity index (χ2n) is 4.71. The van der Waals surface area contributed by atoms with Gasteiger partial charge in [-0.25, -0.2) is 13.1 Å². The highest BCUT2D eigenvalue weighted by Crippen LogP contribution is 2.17. The highest BCUT2D eigenvalue weighted by atomic mass is 32.2. The average molecular weight is 301 g/mol. The lowest BCUT2D eigenvalue weighted by atomic mass is 10.2. The topological polar surface area (TPSA) is 75.6 Å². The maximum Gasteiger partial charge on any atom is 0.240 e. The number of aryl methyl sites for hydroxylation is 1. The zero-order chi connectivity index (χ0) is 15.0. The van der Waals surface area contributed by atoms with E-state index in [1.165, 1.54) is 6.07 Å². The summed E-state index contributed by atoms with van der Waals surface area (Å²) in [7, 11) is -1.86. The van der Waals surface area contributed by atoms with Gasteiger partial charge in [-0.2, -0.15) is 0 Å². The van der Waals surface area contributed by atoms with Crippen molar-refractivity contribution >= 4 is 10.0 Å². The van der Waals surface area contributed by atoms with Crippen LogP contribution in [0.25, 0.3) is 0 Å². The van der Waals surface area contributed by atoms with Crippen molar-refractivity contribution in [1.82, 2.24) is 4.72 Å². The molecule has 0 aliphatic carbocycles. The maximum atomic E-state index is 12.2. The summed E-state index contributed by atoms with van der Waals surface area (Å²) in [6, 6.07) is 4.94. The molecule has 0 heterocycles.